The fourth-order valence-electron chi connectivity index (χ4n) is 1.62. The normalized spacial score (nSPS) is 11.7. The summed E-state index contributed by atoms with van der Waals surface area (Å²) in [5, 5.41) is 1.80. The second-order valence-corrected chi connectivity index (χ2v) is 6.73. The number of aryl methyl sites for hydroxylation is 2. The lowest BCUT2D eigenvalue weighted by atomic mass is 10.1. The fourth-order valence-corrected chi connectivity index (χ4v) is 3.37. The van der Waals surface area contributed by atoms with Crippen molar-refractivity contribution in [2.75, 3.05) is 5.73 Å². The molecule has 2 rings (SSSR count). The highest BCUT2D eigenvalue weighted by atomic mass is 32.2. The molecule has 0 fully saturated rings. The second-order valence-electron chi connectivity index (χ2n) is 4.28. The molecule has 3 N–H and O–H groups in total. The first-order valence-corrected chi connectivity index (χ1v) is 8.06. The van der Waals surface area contributed by atoms with Crippen LogP contribution in [0.4, 0.5) is 5.69 Å². The highest BCUT2D eigenvalue weighted by Gasteiger charge is 2.18. The minimum Gasteiger partial charge on any atom is -0.398 e. The molecule has 0 bridgehead atoms. The van der Waals surface area contributed by atoms with Crippen LogP contribution in [-0.4, -0.2) is 13.4 Å². The molecule has 0 saturated heterocycles. The zero-order valence-electron chi connectivity index (χ0n) is 10.7. The van der Waals surface area contributed by atoms with Crippen molar-refractivity contribution in [3.8, 4) is 0 Å². The Morgan fingerprint density at radius 3 is 2.63 bits per heavy atom. The zero-order chi connectivity index (χ0) is 14.0. The zero-order valence-corrected chi connectivity index (χ0v) is 12.3. The van der Waals surface area contributed by atoms with E-state index in [9.17, 15) is 8.42 Å². The molecule has 0 spiro atoms. The van der Waals surface area contributed by atoms with Crippen LogP contribution in [0.25, 0.3) is 0 Å². The van der Waals surface area contributed by atoms with Crippen LogP contribution in [0.2, 0.25) is 0 Å². The smallest absolute Gasteiger partial charge is 0.242 e. The van der Waals surface area contributed by atoms with Crippen molar-refractivity contribution in [3.05, 3.63) is 39.8 Å². The number of nitrogens with one attached hydrogen (secondary N) is 1. The highest BCUT2D eigenvalue weighted by molar-refractivity contribution is 7.89. The largest absolute Gasteiger partial charge is 0.398 e. The molecule has 0 aliphatic rings. The number of hydrogen-bond acceptors (Lipinski definition) is 5. The molecule has 102 valence electrons. The van der Waals surface area contributed by atoms with E-state index in [1.807, 2.05) is 13.8 Å². The van der Waals surface area contributed by atoms with Crippen LogP contribution < -0.4 is 10.5 Å². The van der Waals surface area contributed by atoms with Gasteiger partial charge in [0.05, 0.1) is 23.4 Å². The maximum absolute atomic E-state index is 12.2. The molecule has 5 nitrogen and oxygen atoms in total. The molecule has 0 unspecified atom stereocenters. The fraction of sp³-hybridized carbons (Fsp3) is 0.250. The van der Waals surface area contributed by atoms with Crippen molar-refractivity contribution in [1.29, 1.82) is 0 Å². The summed E-state index contributed by atoms with van der Waals surface area (Å²) in [6.45, 7) is 3.91. The van der Waals surface area contributed by atoms with E-state index in [4.69, 9.17) is 5.73 Å². The Hall–Kier alpha value is -1.44. The third kappa shape index (κ3) is 3.12. The molecule has 2 aromatic rings. The lowest BCUT2D eigenvalue weighted by molar-refractivity contribution is 0.581. The Balaban J connectivity index is 2.27. The van der Waals surface area contributed by atoms with Gasteiger partial charge in [-0.25, -0.2) is 18.1 Å². The molecule has 1 heterocycles. The van der Waals surface area contributed by atoms with Crippen molar-refractivity contribution in [1.82, 2.24) is 9.71 Å². The van der Waals surface area contributed by atoms with E-state index in [1.165, 1.54) is 11.3 Å². The monoisotopic (exact) mass is 297 g/mol. The van der Waals surface area contributed by atoms with Gasteiger partial charge in [-0.3, -0.25) is 0 Å². The minimum atomic E-state index is -3.62. The molecule has 0 atom stereocenters. The number of aromatic nitrogens is 1. The van der Waals surface area contributed by atoms with Gasteiger partial charge in [0.15, 0.2) is 0 Å². The molecule has 1 aromatic heterocycles. The van der Waals surface area contributed by atoms with Crippen molar-refractivity contribution in [2.45, 2.75) is 25.3 Å². The standard InChI is InChI=1S/C12H15N3O2S2/c1-8-3-11(13)12(4-9(8)2)19(16,17)15-5-10-6-18-7-14-10/h3-4,6-7,15H,5,13H2,1-2H3. The van der Waals surface area contributed by atoms with Gasteiger partial charge in [-0.2, -0.15) is 0 Å². The summed E-state index contributed by atoms with van der Waals surface area (Å²) in [6, 6.07) is 3.26. The molecule has 0 radical (unpaired) electrons. The number of nitrogens with zero attached hydrogens (tertiary/aromatic N) is 1. The van der Waals surface area contributed by atoms with Crippen LogP contribution in [0, 0.1) is 13.8 Å². The Labute approximate surface area is 116 Å². The number of sulfonamides is 1. The molecule has 0 aliphatic carbocycles. The molecule has 19 heavy (non-hydrogen) atoms. The van der Waals surface area contributed by atoms with E-state index in [-0.39, 0.29) is 17.1 Å². The maximum Gasteiger partial charge on any atom is 0.242 e. The molecular formula is C12H15N3O2S2. The summed E-state index contributed by atoms with van der Waals surface area (Å²) in [7, 11) is -3.62. The number of benzene rings is 1. The van der Waals surface area contributed by atoms with Gasteiger partial charge >= 0.3 is 0 Å². The number of rotatable bonds is 4. The minimum absolute atomic E-state index is 0.117. The Morgan fingerprint density at radius 2 is 2.00 bits per heavy atom. The summed E-state index contributed by atoms with van der Waals surface area (Å²) >= 11 is 1.42. The summed E-state index contributed by atoms with van der Waals surface area (Å²) in [6.07, 6.45) is 0. The van der Waals surface area contributed by atoms with Crippen molar-refractivity contribution < 1.29 is 8.42 Å². The summed E-state index contributed by atoms with van der Waals surface area (Å²) in [4.78, 5) is 4.14. The van der Waals surface area contributed by atoms with Gasteiger partial charge in [0.1, 0.15) is 4.90 Å². The van der Waals surface area contributed by atoms with Gasteiger partial charge in [-0.05, 0) is 37.1 Å². The number of hydrogen-bond donors (Lipinski definition) is 2. The third-order valence-electron chi connectivity index (χ3n) is 2.84. The van der Waals surface area contributed by atoms with E-state index < -0.39 is 10.0 Å². The average Bonchev–Trinajstić information content (AvgIpc) is 2.84. The molecule has 0 amide bonds. The molecule has 0 saturated carbocycles. The predicted molar refractivity (Wildman–Crippen MR) is 76.5 cm³/mol. The van der Waals surface area contributed by atoms with E-state index in [0.29, 0.717) is 5.69 Å². The Morgan fingerprint density at radius 1 is 1.32 bits per heavy atom. The highest BCUT2D eigenvalue weighted by Crippen LogP contribution is 2.22. The summed E-state index contributed by atoms with van der Waals surface area (Å²) < 4.78 is 26.9. The first kappa shape index (κ1) is 14.0. The molecule has 7 heteroatoms. The van der Waals surface area contributed by atoms with E-state index in [2.05, 4.69) is 9.71 Å². The SMILES string of the molecule is Cc1cc(N)c(S(=O)(=O)NCc2cscn2)cc1C. The van der Waals surface area contributed by atoms with Crippen LogP contribution in [0.5, 0.6) is 0 Å². The molecule has 0 aliphatic heterocycles. The van der Waals surface area contributed by atoms with Crippen molar-refractivity contribution in [2.24, 2.45) is 0 Å². The van der Waals surface area contributed by atoms with Crippen LogP contribution in [-0.2, 0) is 16.6 Å². The molecule has 1 aromatic carbocycles. The number of thiazole rings is 1. The Kier molecular flexibility index (Phi) is 3.88. The van der Waals surface area contributed by atoms with E-state index in [0.717, 1.165) is 11.1 Å². The quantitative estimate of drug-likeness (QED) is 0.843. The lowest BCUT2D eigenvalue weighted by Crippen LogP contribution is -2.24. The number of nitrogens with two attached hydrogens (primary N) is 1. The van der Waals surface area contributed by atoms with Gasteiger partial charge in [-0.1, -0.05) is 0 Å². The second kappa shape index (κ2) is 5.28. The summed E-state index contributed by atoms with van der Waals surface area (Å²) in [5.41, 5.74) is 10.3. The topological polar surface area (TPSA) is 85.1 Å². The number of anilines is 1. The number of nitrogen functional groups attached to an aromatic ring is 1. The Bertz CT molecular complexity index is 679. The predicted octanol–water partition coefficient (Wildman–Crippen LogP) is 1.82. The van der Waals surface area contributed by atoms with Gasteiger partial charge in [0.2, 0.25) is 10.0 Å². The van der Waals surface area contributed by atoms with Crippen LogP contribution >= 0.6 is 11.3 Å². The van der Waals surface area contributed by atoms with E-state index in [1.54, 1.807) is 23.0 Å². The van der Waals surface area contributed by atoms with Gasteiger partial charge in [0, 0.05) is 5.38 Å². The molecular weight excluding hydrogens is 282 g/mol. The lowest BCUT2D eigenvalue weighted by Gasteiger charge is -2.11. The van der Waals surface area contributed by atoms with Crippen LogP contribution in [0.3, 0.4) is 0 Å². The van der Waals surface area contributed by atoms with Gasteiger partial charge in [-0.15, -0.1) is 11.3 Å². The van der Waals surface area contributed by atoms with E-state index >= 15 is 0 Å². The first-order chi connectivity index (χ1) is 8.90. The van der Waals surface area contributed by atoms with Gasteiger partial charge < -0.3 is 5.73 Å². The average molecular weight is 297 g/mol. The van der Waals surface area contributed by atoms with Crippen molar-refractivity contribution in [3.63, 3.8) is 0 Å². The first-order valence-electron chi connectivity index (χ1n) is 5.63. The third-order valence-corrected chi connectivity index (χ3v) is 4.93. The van der Waals surface area contributed by atoms with Gasteiger partial charge in [0.25, 0.3) is 0 Å². The van der Waals surface area contributed by atoms with Crippen molar-refractivity contribution >= 4 is 27.0 Å². The summed E-state index contributed by atoms with van der Waals surface area (Å²) in [5.74, 6) is 0. The van der Waals surface area contributed by atoms with Crippen LogP contribution in [0.15, 0.2) is 27.9 Å². The maximum atomic E-state index is 12.2. The van der Waals surface area contributed by atoms with Crippen LogP contribution in [0.1, 0.15) is 16.8 Å².